The minimum atomic E-state index is -0.576. The Morgan fingerprint density at radius 2 is 2.32 bits per heavy atom. The molecule has 3 rings (SSSR count). The number of hydrogen-bond donors (Lipinski definition) is 0. The van der Waals surface area contributed by atoms with Crippen LogP contribution in [0, 0.1) is 5.82 Å². The quantitative estimate of drug-likeness (QED) is 0.624. The largest absolute Gasteiger partial charge is 0.458 e. The highest BCUT2D eigenvalue weighted by Gasteiger charge is 2.09. The first-order chi connectivity index (χ1) is 10.8. The molecule has 8 heteroatoms. The second-order valence-corrected chi connectivity index (χ2v) is 5.62. The summed E-state index contributed by atoms with van der Waals surface area (Å²) >= 11 is 1.58. The fraction of sp³-hybridized carbons (Fsp3) is 0.357. The maximum absolute atomic E-state index is 13.7. The molecule has 2 aromatic rings. The fourth-order valence-corrected chi connectivity index (χ4v) is 2.48. The van der Waals surface area contributed by atoms with Crippen LogP contribution in [0.1, 0.15) is 4.88 Å². The first-order valence-corrected chi connectivity index (χ1v) is 7.73. The van der Waals surface area contributed by atoms with Crippen LogP contribution >= 0.6 is 11.3 Å². The van der Waals surface area contributed by atoms with Crippen molar-refractivity contribution < 1.29 is 13.9 Å². The average molecular weight is 322 g/mol. The number of ether oxygens (including phenoxy) is 2. The molecular formula is C14H15FN4O2S. The van der Waals surface area contributed by atoms with E-state index in [-0.39, 0.29) is 11.8 Å². The van der Waals surface area contributed by atoms with Crippen molar-refractivity contribution in [1.29, 1.82) is 0 Å². The van der Waals surface area contributed by atoms with Crippen LogP contribution in [0.2, 0.25) is 0 Å². The van der Waals surface area contributed by atoms with Gasteiger partial charge in [0.1, 0.15) is 6.61 Å². The summed E-state index contributed by atoms with van der Waals surface area (Å²) in [6.07, 6.45) is 2.65. The van der Waals surface area contributed by atoms with Crippen molar-refractivity contribution in [2.45, 2.75) is 6.61 Å². The van der Waals surface area contributed by atoms with Crippen LogP contribution in [0.15, 0.2) is 28.7 Å². The second-order valence-electron chi connectivity index (χ2n) is 4.59. The molecule has 0 radical (unpaired) electrons. The smallest absolute Gasteiger partial charge is 0.318 e. The van der Waals surface area contributed by atoms with Crippen LogP contribution in [0.5, 0.6) is 6.01 Å². The van der Waals surface area contributed by atoms with Crippen LogP contribution in [0.25, 0.3) is 0 Å². The summed E-state index contributed by atoms with van der Waals surface area (Å²) in [7, 11) is 0. The first kappa shape index (κ1) is 14.9. The van der Waals surface area contributed by atoms with Gasteiger partial charge in [-0.2, -0.15) is 4.98 Å². The molecule has 0 bridgehead atoms. The molecule has 22 heavy (non-hydrogen) atoms. The first-order valence-electron chi connectivity index (χ1n) is 6.85. The van der Waals surface area contributed by atoms with Gasteiger partial charge in [0, 0.05) is 18.0 Å². The van der Waals surface area contributed by atoms with E-state index in [1.807, 2.05) is 22.4 Å². The lowest BCUT2D eigenvalue weighted by Crippen LogP contribution is -2.35. The maximum Gasteiger partial charge on any atom is 0.318 e. The molecule has 1 aliphatic heterocycles. The second kappa shape index (κ2) is 7.28. The number of morpholine rings is 1. The Morgan fingerprint density at radius 3 is 3.09 bits per heavy atom. The number of aliphatic imine (C=N–C) groups is 1. The van der Waals surface area contributed by atoms with E-state index in [4.69, 9.17) is 9.47 Å². The standard InChI is InChI=1S/C14H15FN4O2S/c15-12-8-16-14(21-9-11-2-1-7-22-11)18-13(12)17-10-19-3-5-20-6-4-19/h1-2,7-8,10H,3-6,9H2/b17-10+. The predicted octanol–water partition coefficient (Wildman–Crippen LogP) is 2.25. The molecule has 0 aromatic carbocycles. The molecule has 1 saturated heterocycles. The van der Waals surface area contributed by atoms with Gasteiger partial charge in [0.2, 0.25) is 0 Å². The third-order valence-electron chi connectivity index (χ3n) is 3.02. The summed E-state index contributed by atoms with van der Waals surface area (Å²) in [5, 5.41) is 1.96. The number of rotatable bonds is 5. The van der Waals surface area contributed by atoms with Crippen LogP contribution in [0.3, 0.4) is 0 Å². The molecule has 116 valence electrons. The molecule has 3 heterocycles. The Hall–Kier alpha value is -2.06. The molecule has 0 unspecified atom stereocenters. The van der Waals surface area contributed by atoms with Crippen LogP contribution in [-0.2, 0) is 11.3 Å². The van der Waals surface area contributed by atoms with Gasteiger partial charge in [-0.3, -0.25) is 0 Å². The van der Waals surface area contributed by atoms with Gasteiger partial charge in [0.05, 0.1) is 25.7 Å². The van der Waals surface area contributed by atoms with Gasteiger partial charge in [-0.1, -0.05) is 6.07 Å². The van der Waals surface area contributed by atoms with Crippen molar-refractivity contribution >= 4 is 23.5 Å². The highest BCUT2D eigenvalue weighted by Crippen LogP contribution is 2.18. The zero-order chi connectivity index (χ0) is 15.2. The summed E-state index contributed by atoms with van der Waals surface area (Å²) in [6, 6.07) is 4.00. The number of aromatic nitrogens is 2. The molecule has 1 aliphatic rings. The fourth-order valence-electron chi connectivity index (χ4n) is 1.86. The van der Waals surface area contributed by atoms with Crippen molar-refractivity contribution in [2.24, 2.45) is 4.99 Å². The van der Waals surface area contributed by atoms with Crippen molar-refractivity contribution in [2.75, 3.05) is 26.3 Å². The van der Waals surface area contributed by atoms with Crippen molar-refractivity contribution in [3.63, 3.8) is 0 Å². The Morgan fingerprint density at radius 1 is 1.45 bits per heavy atom. The van der Waals surface area contributed by atoms with E-state index in [1.165, 1.54) is 0 Å². The van der Waals surface area contributed by atoms with Gasteiger partial charge in [0.25, 0.3) is 0 Å². The van der Waals surface area contributed by atoms with E-state index < -0.39 is 5.82 Å². The lowest BCUT2D eigenvalue weighted by molar-refractivity contribution is 0.0701. The van der Waals surface area contributed by atoms with Gasteiger partial charge in [-0.25, -0.2) is 14.4 Å². The van der Waals surface area contributed by atoms with Crippen LogP contribution in [0.4, 0.5) is 10.2 Å². The Labute approximate surface area is 131 Å². The molecular weight excluding hydrogens is 307 g/mol. The average Bonchev–Trinajstić information content (AvgIpc) is 3.07. The molecule has 0 aliphatic carbocycles. The Kier molecular flexibility index (Phi) is 4.92. The number of thiophene rings is 1. The lowest BCUT2D eigenvalue weighted by atomic mass is 10.5. The van der Waals surface area contributed by atoms with E-state index >= 15 is 0 Å². The third kappa shape index (κ3) is 3.99. The highest BCUT2D eigenvalue weighted by atomic mass is 32.1. The molecule has 0 amide bonds. The highest BCUT2D eigenvalue weighted by molar-refractivity contribution is 7.09. The zero-order valence-electron chi connectivity index (χ0n) is 11.8. The van der Waals surface area contributed by atoms with Gasteiger partial charge in [0.15, 0.2) is 11.6 Å². The minimum Gasteiger partial charge on any atom is -0.458 e. The minimum absolute atomic E-state index is 0.0253. The number of hydrogen-bond acceptors (Lipinski definition) is 6. The van der Waals surface area contributed by atoms with E-state index in [0.717, 1.165) is 24.2 Å². The van der Waals surface area contributed by atoms with Gasteiger partial charge in [-0.05, 0) is 11.4 Å². The van der Waals surface area contributed by atoms with E-state index in [1.54, 1.807) is 17.7 Å². The third-order valence-corrected chi connectivity index (χ3v) is 3.87. The molecule has 1 fully saturated rings. The molecule has 2 aromatic heterocycles. The lowest BCUT2D eigenvalue weighted by Gasteiger charge is -2.23. The summed E-state index contributed by atoms with van der Waals surface area (Å²) < 4.78 is 24.4. The number of halogens is 1. The normalized spacial score (nSPS) is 15.4. The maximum atomic E-state index is 13.7. The number of nitrogens with zero attached hydrogens (tertiary/aromatic N) is 4. The summed E-state index contributed by atoms with van der Waals surface area (Å²) in [5.74, 6) is -0.601. The van der Waals surface area contributed by atoms with Gasteiger partial charge in [-0.15, -0.1) is 11.3 Å². The van der Waals surface area contributed by atoms with Gasteiger partial charge >= 0.3 is 6.01 Å². The van der Waals surface area contributed by atoms with E-state index in [2.05, 4.69) is 15.0 Å². The van der Waals surface area contributed by atoms with Crippen molar-refractivity contribution in [1.82, 2.24) is 14.9 Å². The molecule has 0 saturated carbocycles. The van der Waals surface area contributed by atoms with Crippen LogP contribution < -0.4 is 4.74 Å². The topological polar surface area (TPSA) is 59.8 Å². The monoisotopic (exact) mass is 322 g/mol. The molecule has 6 nitrogen and oxygen atoms in total. The van der Waals surface area contributed by atoms with E-state index in [9.17, 15) is 4.39 Å². The molecule has 0 spiro atoms. The molecule has 0 atom stereocenters. The predicted molar refractivity (Wildman–Crippen MR) is 81.2 cm³/mol. The SMILES string of the molecule is Fc1cnc(OCc2cccs2)nc1/N=C/N1CCOCC1. The van der Waals surface area contributed by atoms with Crippen LogP contribution in [-0.4, -0.2) is 47.5 Å². The summed E-state index contributed by atoms with van der Waals surface area (Å²) in [6.45, 7) is 3.12. The Bertz CT molecular complexity index is 630. The van der Waals surface area contributed by atoms with Gasteiger partial charge < -0.3 is 14.4 Å². The summed E-state index contributed by atoms with van der Waals surface area (Å²) in [4.78, 5) is 14.9. The van der Waals surface area contributed by atoms with Crippen molar-refractivity contribution in [3.8, 4) is 6.01 Å². The molecule has 0 N–H and O–H groups in total. The van der Waals surface area contributed by atoms with Crippen molar-refractivity contribution in [3.05, 3.63) is 34.4 Å². The summed E-state index contributed by atoms with van der Waals surface area (Å²) in [5.41, 5.74) is 0. The zero-order valence-corrected chi connectivity index (χ0v) is 12.6. The van der Waals surface area contributed by atoms with E-state index in [0.29, 0.717) is 19.8 Å². The Balaban J connectivity index is 1.65.